The molecule has 0 saturated heterocycles. The number of benzene rings is 3. The molecule has 3 N–H and O–H groups in total. The molecule has 2 bridgehead atoms. The van der Waals surface area contributed by atoms with E-state index in [1.807, 2.05) is 0 Å². The number of primary amides is 1. The van der Waals surface area contributed by atoms with Gasteiger partial charge in [0.25, 0.3) is 0 Å². The molecule has 0 spiro atoms. The topological polar surface area (TPSA) is 89.3 Å². The molecule has 0 saturated carbocycles. The maximum absolute atomic E-state index is 12.8. The minimum Gasteiger partial charge on any atom is -0.366 e. The third-order valence-corrected chi connectivity index (χ3v) is 7.85. The Hall–Kier alpha value is -2.96. The lowest BCUT2D eigenvalue weighted by Crippen LogP contribution is -2.39. The molecule has 6 heteroatoms. The summed E-state index contributed by atoms with van der Waals surface area (Å²) in [7, 11) is -3.68. The summed E-state index contributed by atoms with van der Waals surface area (Å²) < 4.78 is 28.4. The fraction of sp³-hybridized carbons (Fsp3) is 0.208. The number of nitrogens with one attached hydrogen (secondary N) is 1. The van der Waals surface area contributed by atoms with Crippen molar-refractivity contribution in [2.45, 2.75) is 23.2 Å². The number of rotatable bonds is 5. The van der Waals surface area contributed by atoms with Crippen LogP contribution in [0.5, 0.6) is 0 Å². The molecule has 3 aromatic rings. The van der Waals surface area contributed by atoms with Gasteiger partial charge in [0.05, 0.1) is 4.90 Å². The highest BCUT2D eigenvalue weighted by Gasteiger charge is 2.43. The van der Waals surface area contributed by atoms with Gasteiger partial charge in [-0.1, -0.05) is 48.5 Å². The van der Waals surface area contributed by atoms with E-state index in [0.717, 1.165) is 6.42 Å². The van der Waals surface area contributed by atoms with E-state index >= 15 is 0 Å². The molecule has 1 unspecified atom stereocenters. The Balaban J connectivity index is 1.42. The summed E-state index contributed by atoms with van der Waals surface area (Å²) in [5, 5.41) is 0. The second-order valence-corrected chi connectivity index (χ2v) is 9.79. The van der Waals surface area contributed by atoms with E-state index < -0.39 is 15.9 Å². The molecule has 0 aliphatic heterocycles. The third kappa shape index (κ3) is 3.04. The van der Waals surface area contributed by atoms with Gasteiger partial charge < -0.3 is 5.73 Å². The molecule has 0 heterocycles. The molecule has 3 aliphatic carbocycles. The number of fused-ring (bicyclic) bond motifs is 1. The average Bonchev–Trinajstić information content (AvgIpc) is 2.78. The van der Waals surface area contributed by atoms with Crippen molar-refractivity contribution in [1.29, 1.82) is 0 Å². The number of carbonyl (C=O) groups is 1. The molecule has 1 amide bonds. The fourth-order valence-corrected chi connectivity index (χ4v) is 6.15. The molecule has 3 aliphatic rings. The Labute approximate surface area is 176 Å². The minimum atomic E-state index is -3.68. The minimum absolute atomic E-state index is 0.134. The van der Waals surface area contributed by atoms with Gasteiger partial charge in [-0.15, -0.1) is 0 Å². The molecule has 6 rings (SSSR count). The largest absolute Gasteiger partial charge is 0.366 e. The molecule has 30 heavy (non-hydrogen) atoms. The van der Waals surface area contributed by atoms with Crippen molar-refractivity contribution in [1.82, 2.24) is 4.72 Å². The molecular weight excluding hydrogens is 396 g/mol. The standard InChI is InChI=1S/C24H22N2O3S/c25-24(27)15-9-11-17(12-10-15)30(28,29)26-14-16-13-22-18-5-1-3-7-20(18)23(16)21-8-4-2-6-19(21)22/h1-12,16,22-23,26H,13-14H2,(H2,25,27). The first-order valence-electron chi connectivity index (χ1n) is 10.0. The van der Waals surface area contributed by atoms with Crippen LogP contribution in [-0.2, 0) is 10.0 Å². The zero-order chi connectivity index (χ0) is 20.9. The van der Waals surface area contributed by atoms with Crippen LogP contribution in [0.3, 0.4) is 0 Å². The van der Waals surface area contributed by atoms with Gasteiger partial charge in [-0.25, -0.2) is 13.1 Å². The number of hydrogen-bond acceptors (Lipinski definition) is 3. The Kier molecular flexibility index (Phi) is 4.49. The van der Waals surface area contributed by atoms with Crippen molar-refractivity contribution in [3.63, 3.8) is 0 Å². The third-order valence-electron chi connectivity index (χ3n) is 6.41. The fourth-order valence-electron chi connectivity index (χ4n) is 5.06. The number of hydrogen-bond donors (Lipinski definition) is 2. The average molecular weight is 419 g/mol. The lowest BCUT2D eigenvalue weighted by Gasteiger charge is -2.45. The van der Waals surface area contributed by atoms with Gasteiger partial charge >= 0.3 is 0 Å². The molecule has 0 radical (unpaired) electrons. The van der Waals surface area contributed by atoms with Crippen molar-refractivity contribution in [2.75, 3.05) is 6.54 Å². The van der Waals surface area contributed by atoms with Crippen LogP contribution in [0, 0.1) is 5.92 Å². The van der Waals surface area contributed by atoms with Gasteiger partial charge in [-0.2, -0.15) is 0 Å². The van der Waals surface area contributed by atoms with Gasteiger partial charge in [-0.3, -0.25) is 4.79 Å². The summed E-state index contributed by atoms with van der Waals surface area (Å²) in [4.78, 5) is 11.4. The maximum Gasteiger partial charge on any atom is 0.248 e. The molecule has 0 aromatic heterocycles. The van der Waals surface area contributed by atoms with Gasteiger partial charge in [0.15, 0.2) is 0 Å². The maximum atomic E-state index is 12.8. The first kappa shape index (κ1) is 19.0. The molecule has 1 atom stereocenters. The Morgan fingerprint density at radius 2 is 1.40 bits per heavy atom. The highest BCUT2D eigenvalue weighted by Crippen LogP contribution is 2.55. The predicted molar refractivity (Wildman–Crippen MR) is 115 cm³/mol. The first-order valence-corrected chi connectivity index (χ1v) is 11.5. The lowest BCUT2D eigenvalue weighted by atomic mass is 9.59. The first-order chi connectivity index (χ1) is 14.5. The smallest absolute Gasteiger partial charge is 0.248 e. The van der Waals surface area contributed by atoms with Crippen molar-refractivity contribution in [3.05, 3.63) is 101 Å². The van der Waals surface area contributed by atoms with Crippen molar-refractivity contribution in [3.8, 4) is 0 Å². The zero-order valence-corrected chi connectivity index (χ0v) is 17.1. The van der Waals surface area contributed by atoms with Crippen LogP contribution in [0.15, 0.2) is 77.7 Å². The number of sulfonamides is 1. The highest BCUT2D eigenvalue weighted by atomic mass is 32.2. The van der Waals surface area contributed by atoms with Crippen molar-refractivity contribution >= 4 is 15.9 Å². The van der Waals surface area contributed by atoms with Crippen LogP contribution in [0.1, 0.15) is 50.9 Å². The number of carbonyl (C=O) groups excluding carboxylic acids is 1. The second kappa shape index (κ2) is 7.07. The van der Waals surface area contributed by atoms with Crippen LogP contribution < -0.4 is 10.5 Å². The Morgan fingerprint density at radius 3 is 1.93 bits per heavy atom. The van der Waals surface area contributed by atoms with Crippen LogP contribution >= 0.6 is 0 Å². The molecule has 0 fully saturated rings. The summed E-state index contributed by atoms with van der Waals surface area (Å²) >= 11 is 0. The molecule has 5 nitrogen and oxygen atoms in total. The monoisotopic (exact) mass is 418 g/mol. The molecule has 152 valence electrons. The Morgan fingerprint density at radius 1 is 0.867 bits per heavy atom. The number of nitrogens with two attached hydrogens (primary N) is 1. The highest BCUT2D eigenvalue weighted by molar-refractivity contribution is 7.89. The van der Waals surface area contributed by atoms with E-state index in [0.29, 0.717) is 12.5 Å². The van der Waals surface area contributed by atoms with Crippen LogP contribution in [0.2, 0.25) is 0 Å². The summed E-state index contributed by atoms with van der Waals surface area (Å²) in [5.41, 5.74) is 10.9. The Bertz CT molecular complexity index is 1190. The van der Waals surface area contributed by atoms with Gasteiger partial charge in [0.1, 0.15) is 0 Å². The second-order valence-electron chi connectivity index (χ2n) is 8.02. The van der Waals surface area contributed by atoms with E-state index in [-0.39, 0.29) is 22.3 Å². The zero-order valence-electron chi connectivity index (χ0n) is 16.3. The van der Waals surface area contributed by atoms with E-state index in [9.17, 15) is 13.2 Å². The predicted octanol–water partition coefficient (Wildman–Crippen LogP) is 3.36. The van der Waals surface area contributed by atoms with Gasteiger partial charge in [0.2, 0.25) is 15.9 Å². The van der Waals surface area contributed by atoms with Crippen molar-refractivity contribution in [2.24, 2.45) is 11.7 Å². The summed E-state index contributed by atoms with van der Waals surface area (Å²) in [6, 6.07) is 22.7. The van der Waals surface area contributed by atoms with Crippen LogP contribution in [-0.4, -0.2) is 20.9 Å². The lowest BCUT2D eigenvalue weighted by molar-refractivity contribution is 0.1000. The summed E-state index contributed by atoms with van der Waals surface area (Å²) in [5.74, 6) is 0.0797. The summed E-state index contributed by atoms with van der Waals surface area (Å²) in [6.07, 6.45) is 0.918. The van der Waals surface area contributed by atoms with Crippen LogP contribution in [0.4, 0.5) is 0 Å². The van der Waals surface area contributed by atoms with Crippen LogP contribution in [0.25, 0.3) is 0 Å². The van der Waals surface area contributed by atoms with Gasteiger partial charge in [0, 0.05) is 23.9 Å². The SMILES string of the molecule is NC(=O)c1ccc(S(=O)(=O)NCC2CC3c4ccccc4C2c2ccccc23)cc1. The number of amides is 1. The van der Waals surface area contributed by atoms with Crippen molar-refractivity contribution < 1.29 is 13.2 Å². The van der Waals surface area contributed by atoms with Gasteiger partial charge in [-0.05, 0) is 58.9 Å². The van der Waals surface area contributed by atoms with E-state index in [1.165, 1.54) is 46.5 Å². The normalized spacial score (nSPS) is 21.7. The quantitative estimate of drug-likeness (QED) is 0.666. The van der Waals surface area contributed by atoms with E-state index in [2.05, 4.69) is 53.3 Å². The molecular formula is C24H22N2O3S. The molecule has 3 aromatic carbocycles. The van der Waals surface area contributed by atoms with E-state index in [1.54, 1.807) is 0 Å². The summed E-state index contributed by atoms with van der Waals surface area (Å²) in [6.45, 7) is 0.365. The van der Waals surface area contributed by atoms with E-state index in [4.69, 9.17) is 5.73 Å².